The number of nitrogens with zero attached hydrogens (tertiary/aromatic N) is 1. The van der Waals surface area contributed by atoms with Crippen molar-refractivity contribution in [2.75, 3.05) is 27.2 Å². The molecular weight excluding hydrogens is 228 g/mol. The number of carbonyl (C=O) groups is 1. The molecule has 0 spiro atoms. The SMILES string of the molecule is CC(=O)O.CN(C)CCCCCCCCCCN. The van der Waals surface area contributed by atoms with E-state index in [2.05, 4.69) is 19.0 Å². The van der Waals surface area contributed by atoms with Crippen LogP contribution in [0.5, 0.6) is 0 Å². The zero-order valence-electron chi connectivity index (χ0n) is 12.5. The molecule has 0 bridgehead atoms. The summed E-state index contributed by atoms with van der Waals surface area (Å²) in [5.74, 6) is -0.833. The predicted octanol–water partition coefficient (Wildman–Crippen LogP) is 2.72. The van der Waals surface area contributed by atoms with Crippen molar-refractivity contribution >= 4 is 5.97 Å². The highest BCUT2D eigenvalue weighted by atomic mass is 16.4. The fourth-order valence-corrected chi connectivity index (χ4v) is 1.63. The molecule has 0 fully saturated rings. The summed E-state index contributed by atoms with van der Waals surface area (Å²) in [6.07, 6.45) is 10.9. The normalized spacial score (nSPS) is 10.1. The molecule has 0 rings (SSSR count). The van der Waals surface area contributed by atoms with Gasteiger partial charge < -0.3 is 15.7 Å². The van der Waals surface area contributed by atoms with E-state index >= 15 is 0 Å². The van der Waals surface area contributed by atoms with Gasteiger partial charge in [0.15, 0.2) is 0 Å². The van der Waals surface area contributed by atoms with E-state index in [9.17, 15) is 0 Å². The van der Waals surface area contributed by atoms with E-state index < -0.39 is 5.97 Å². The Balaban J connectivity index is 0. The first kappa shape index (κ1) is 19.7. The molecule has 0 aliphatic rings. The third kappa shape index (κ3) is 29.5. The van der Waals surface area contributed by atoms with Crippen LogP contribution in [0.2, 0.25) is 0 Å². The van der Waals surface area contributed by atoms with Crippen LogP contribution < -0.4 is 5.73 Å². The molecule has 0 unspecified atom stereocenters. The minimum Gasteiger partial charge on any atom is -0.481 e. The molecular formula is C14H32N2O2. The molecule has 4 nitrogen and oxygen atoms in total. The summed E-state index contributed by atoms with van der Waals surface area (Å²) >= 11 is 0. The summed E-state index contributed by atoms with van der Waals surface area (Å²) in [5.41, 5.74) is 5.43. The van der Waals surface area contributed by atoms with Gasteiger partial charge in [-0.3, -0.25) is 4.79 Å². The van der Waals surface area contributed by atoms with Gasteiger partial charge in [0.25, 0.3) is 5.97 Å². The quantitative estimate of drug-likeness (QED) is 0.593. The smallest absolute Gasteiger partial charge is 0.300 e. The van der Waals surface area contributed by atoms with Crippen LogP contribution in [-0.2, 0) is 4.79 Å². The van der Waals surface area contributed by atoms with Crippen LogP contribution in [0.1, 0.15) is 58.3 Å². The Kier molecular flexibility index (Phi) is 18.0. The topological polar surface area (TPSA) is 66.6 Å². The van der Waals surface area contributed by atoms with E-state index in [1.165, 1.54) is 57.9 Å². The first-order chi connectivity index (χ1) is 8.50. The molecule has 3 N–H and O–H groups in total. The molecule has 0 radical (unpaired) electrons. The summed E-state index contributed by atoms with van der Waals surface area (Å²) in [6, 6.07) is 0. The molecule has 0 aromatic carbocycles. The van der Waals surface area contributed by atoms with Crippen molar-refractivity contribution in [3.63, 3.8) is 0 Å². The van der Waals surface area contributed by atoms with Crippen LogP contribution in [0.3, 0.4) is 0 Å². The van der Waals surface area contributed by atoms with Crippen LogP contribution in [0.4, 0.5) is 0 Å². The standard InChI is InChI=1S/C12H28N2.C2H4O2/c1-14(2)12-10-8-6-4-3-5-7-9-11-13;1-2(3)4/h3-13H2,1-2H3;1H3,(H,3,4). The van der Waals surface area contributed by atoms with Crippen molar-refractivity contribution in [2.24, 2.45) is 5.73 Å². The summed E-state index contributed by atoms with van der Waals surface area (Å²) in [5, 5.41) is 7.42. The molecule has 110 valence electrons. The van der Waals surface area contributed by atoms with Gasteiger partial charge in [0.05, 0.1) is 0 Å². The Labute approximate surface area is 113 Å². The lowest BCUT2D eigenvalue weighted by molar-refractivity contribution is -0.134. The van der Waals surface area contributed by atoms with E-state index in [1.807, 2.05) is 0 Å². The fraction of sp³-hybridized carbons (Fsp3) is 0.929. The second kappa shape index (κ2) is 16.4. The van der Waals surface area contributed by atoms with Crippen LogP contribution >= 0.6 is 0 Å². The predicted molar refractivity (Wildman–Crippen MR) is 77.9 cm³/mol. The number of hydrogen-bond acceptors (Lipinski definition) is 3. The molecule has 0 aromatic heterocycles. The Hall–Kier alpha value is -0.610. The average molecular weight is 260 g/mol. The summed E-state index contributed by atoms with van der Waals surface area (Å²) in [6.45, 7) is 3.19. The monoisotopic (exact) mass is 260 g/mol. The maximum absolute atomic E-state index is 9.00. The number of rotatable bonds is 10. The van der Waals surface area contributed by atoms with Crippen molar-refractivity contribution in [3.05, 3.63) is 0 Å². The van der Waals surface area contributed by atoms with Gasteiger partial charge in [0.2, 0.25) is 0 Å². The molecule has 18 heavy (non-hydrogen) atoms. The van der Waals surface area contributed by atoms with Crippen molar-refractivity contribution in [2.45, 2.75) is 58.3 Å². The van der Waals surface area contributed by atoms with Gasteiger partial charge in [-0.1, -0.05) is 38.5 Å². The van der Waals surface area contributed by atoms with Crippen molar-refractivity contribution in [1.29, 1.82) is 0 Å². The highest BCUT2D eigenvalue weighted by molar-refractivity contribution is 5.62. The number of unbranched alkanes of at least 4 members (excludes halogenated alkanes) is 7. The third-order valence-electron chi connectivity index (χ3n) is 2.56. The zero-order chi connectivity index (χ0) is 14.2. The summed E-state index contributed by atoms with van der Waals surface area (Å²) in [4.78, 5) is 11.3. The minimum atomic E-state index is -0.833. The molecule has 0 aromatic rings. The van der Waals surface area contributed by atoms with E-state index in [-0.39, 0.29) is 0 Å². The molecule has 0 saturated carbocycles. The maximum Gasteiger partial charge on any atom is 0.300 e. The minimum absolute atomic E-state index is 0.833. The van der Waals surface area contributed by atoms with E-state index in [0.717, 1.165) is 13.5 Å². The van der Waals surface area contributed by atoms with Crippen LogP contribution in [0.15, 0.2) is 0 Å². The highest BCUT2D eigenvalue weighted by Gasteiger charge is 1.92. The zero-order valence-corrected chi connectivity index (χ0v) is 12.5. The second-order valence-electron chi connectivity index (χ2n) is 4.94. The van der Waals surface area contributed by atoms with Crippen molar-refractivity contribution in [1.82, 2.24) is 4.90 Å². The number of carboxylic acid groups (broad SMARTS) is 1. The summed E-state index contributed by atoms with van der Waals surface area (Å²) < 4.78 is 0. The van der Waals surface area contributed by atoms with Crippen LogP contribution in [0.25, 0.3) is 0 Å². The van der Waals surface area contributed by atoms with E-state index in [4.69, 9.17) is 15.6 Å². The molecule has 0 saturated heterocycles. The molecule has 4 heteroatoms. The fourth-order valence-electron chi connectivity index (χ4n) is 1.63. The van der Waals surface area contributed by atoms with Gasteiger partial charge in [0, 0.05) is 6.92 Å². The van der Waals surface area contributed by atoms with Crippen LogP contribution in [0, 0.1) is 0 Å². The first-order valence-corrected chi connectivity index (χ1v) is 7.05. The molecule has 0 atom stereocenters. The molecule has 0 aliphatic carbocycles. The maximum atomic E-state index is 9.00. The first-order valence-electron chi connectivity index (χ1n) is 7.05. The number of aliphatic carboxylic acids is 1. The lowest BCUT2D eigenvalue weighted by Gasteiger charge is -2.08. The van der Waals surface area contributed by atoms with Gasteiger partial charge in [-0.2, -0.15) is 0 Å². The Morgan fingerprint density at radius 2 is 1.28 bits per heavy atom. The van der Waals surface area contributed by atoms with Crippen molar-refractivity contribution in [3.8, 4) is 0 Å². The lowest BCUT2D eigenvalue weighted by Crippen LogP contribution is -2.12. The van der Waals surface area contributed by atoms with E-state index in [1.54, 1.807) is 0 Å². The molecule has 0 heterocycles. The van der Waals surface area contributed by atoms with Gasteiger partial charge in [-0.15, -0.1) is 0 Å². The Bertz CT molecular complexity index is 169. The van der Waals surface area contributed by atoms with Gasteiger partial charge in [-0.25, -0.2) is 0 Å². The number of nitrogens with two attached hydrogens (primary N) is 1. The highest BCUT2D eigenvalue weighted by Crippen LogP contribution is 2.08. The molecule has 0 aliphatic heterocycles. The average Bonchev–Trinajstić information content (AvgIpc) is 2.26. The summed E-state index contributed by atoms with van der Waals surface area (Å²) in [7, 11) is 4.29. The van der Waals surface area contributed by atoms with Gasteiger partial charge in [0.1, 0.15) is 0 Å². The number of carboxylic acids is 1. The second-order valence-corrected chi connectivity index (χ2v) is 4.94. The third-order valence-corrected chi connectivity index (χ3v) is 2.56. The Morgan fingerprint density at radius 1 is 0.944 bits per heavy atom. The van der Waals surface area contributed by atoms with Crippen LogP contribution in [-0.4, -0.2) is 43.2 Å². The van der Waals surface area contributed by atoms with Gasteiger partial charge in [-0.05, 0) is 40.0 Å². The van der Waals surface area contributed by atoms with Crippen molar-refractivity contribution < 1.29 is 9.90 Å². The lowest BCUT2D eigenvalue weighted by atomic mass is 10.1. The number of hydrogen-bond donors (Lipinski definition) is 2. The molecule has 0 amide bonds. The largest absolute Gasteiger partial charge is 0.481 e. The Morgan fingerprint density at radius 3 is 1.61 bits per heavy atom. The van der Waals surface area contributed by atoms with E-state index in [0.29, 0.717) is 0 Å². The van der Waals surface area contributed by atoms with Gasteiger partial charge >= 0.3 is 0 Å².